The van der Waals surface area contributed by atoms with Crippen molar-refractivity contribution in [3.63, 3.8) is 0 Å². The van der Waals surface area contributed by atoms with Crippen molar-refractivity contribution in [1.82, 2.24) is 0 Å². The Balaban J connectivity index is 5.71. The highest BCUT2D eigenvalue weighted by molar-refractivity contribution is 7.67. The van der Waals surface area contributed by atoms with Crippen LogP contribution in [-0.4, -0.2) is 35.0 Å². The van der Waals surface area contributed by atoms with Crippen molar-refractivity contribution in [2.75, 3.05) is 0 Å². The van der Waals surface area contributed by atoms with E-state index >= 15 is 0 Å². The van der Waals surface area contributed by atoms with Crippen LogP contribution >= 0.6 is 11.6 Å². The van der Waals surface area contributed by atoms with E-state index in [0.29, 0.717) is 0 Å². The Kier molecular flexibility index (Phi) is 5.04. The molecular weight excluding hydrogens is 268 g/mol. The van der Waals surface area contributed by atoms with Gasteiger partial charge in [-0.15, -0.1) is 11.6 Å². The van der Waals surface area contributed by atoms with Gasteiger partial charge >= 0.3 is 0 Å². The second-order valence-corrected chi connectivity index (χ2v) is 37.7. The molecule has 15 heavy (non-hydrogen) atoms. The van der Waals surface area contributed by atoms with Gasteiger partial charge in [0.1, 0.15) is 0 Å². The predicted octanol–water partition coefficient (Wildman–Crippen LogP) is 4.14. The minimum atomic E-state index is -1.25. The topological polar surface area (TPSA) is 0 Å². The van der Waals surface area contributed by atoms with Crippen LogP contribution < -0.4 is 0 Å². The van der Waals surface area contributed by atoms with Crippen molar-refractivity contribution < 1.29 is 0 Å². The molecule has 0 rings (SSSR count). The molecule has 0 aromatic rings. The molecule has 0 saturated carbocycles. The number of halogens is 1. The molecule has 0 aliphatic rings. The average molecular weight is 295 g/mol. The summed E-state index contributed by atoms with van der Waals surface area (Å²) in [7, 11) is -3.77. The van der Waals surface area contributed by atoms with Crippen LogP contribution in [0.3, 0.4) is 0 Å². The number of rotatable bonds is 3. The van der Waals surface area contributed by atoms with Crippen molar-refractivity contribution in [1.29, 1.82) is 0 Å². The Morgan fingerprint density at radius 2 is 1.00 bits per heavy atom. The van der Waals surface area contributed by atoms with Gasteiger partial charge in [-0.2, -0.15) is 0 Å². The van der Waals surface area contributed by atoms with E-state index < -0.39 is 23.3 Å². The van der Waals surface area contributed by atoms with E-state index in [9.17, 15) is 0 Å². The molecule has 0 amide bonds. The lowest BCUT2D eigenvalue weighted by Gasteiger charge is -2.35. The molecule has 0 aromatic carbocycles. The maximum absolute atomic E-state index is 6.79. The van der Waals surface area contributed by atoms with Gasteiger partial charge in [0.15, 0.2) is 0 Å². The fourth-order valence-electron chi connectivity index (χ4n) is 2.16. The van der Waals surface area contributed by atoms with Crippen molar-refractivity contribution in [3.8, 4) is 0 Å². The summed E-state index contributed by atoms with van der Waals surface area (Å²) < 4.78 is 1.46. The maximum Gasteiger partial charge on any atom is 0.0852 e. The molecule has 0 fully saturated rings. The quantitative estimate of drug-likeness (QED) is 0.686. The van der Waals surface area contributed by atoms with Crippen molar-refractivity contribution >= 4 is 46.6 Å². The second kappa shape index (κ2) is 4.72. The molecule has 0 nitrogen and oxygen atoms in total. The first-order valence-electron chi connectivity index (χ1n) is 5.69. The van der Waals surface area contributed by atoms with Crippen molar-refractivity contribution in [2.24, 2.45) is 0 Å². The first kappa shape index (κ1) is 16.0. The monoisotopic (exact) mass is 294 g/mol. The lowest BCUT2D eigenvalue weighted by atomic mass is 11.7. The Labute approximate surface area is 105 Å². The predicted molar refractivity (Wildman–Crippen MR) is 86.7 cm³/mol. The van der Waals surface area contributed by atoms with E-state index in [-0.39, 0.29) is 7.44 Å². The minimum Gasteiger partial charge on any atom is -0.100 e. The largest absolute Gasteiger partial charge is 0.100 e. The number of hydrogen-bond acceptors (Lipinski definition) is 0. The van der Waals surface area contributed by atoms with Gasteiger partial charge in [0.2, 0.25) is 0 Å². The van der Waals surface area contributed by atoms with Gasteiger partial charge in [-0.1, -0.05) is 58.9 Å². The molecular formula is C10H27ClSi4. The minimum absolute atomic E-state index is 0.389. The molecule has 5 heteroatoms. The molecule has 0 saturated heterocycles. The third-order valence-corrected chi connectivity index (χ3v) is 38.9. The first-order chi connectivity index (χ1) is 6.28. The van der Waals surface area contributed by atoms with E-state index in [0.717, 1.165) is 0 Å². The van der Waals surface area contributed by atoms with E-state index in [2.05, 4.69) is 58.9 Å². The molecule has 0 atom stereocenters. The van der Waals surface area contributed by atoms with Gasteiger partial charge in [-0.05, 0) is 4.25 Å². The molecule has 0 bridgehead atoms. The van der Waals surface area contributed by atoms with E-state index in [1.165, 1.54) is 4.25 Å². The Morgan fingerprint density at radius 1 is 0.733 bits per heavy atom. The van der Waals surface area contributed by atoms with Gasteiger partial charge in [-0.25, -0.2) is 0 Å². The van der Waals surface area contributed by atoms with Gasteiger partial charge in [0.25, 0.3) is 0 Å². The zero-order chi connectivity index (χ0) is 12.7. The summed E-state index contributed by atoms with van der Waals surface area (Å²) in [5.41, 5.74) is 0. The van der Waals surface area contributed by atoms with Crippen LogP contribution in [0.1, 0.15) is 0 Å². The van der Waals surface area contributed by atoms with E-state index in [1.54, 1.807) is 0 Å². The zero-order valence-electron chi connectivity index (χ0n) is 11.9. The van der Waals surface area contributed by atoms with Crippen LogP contribution in [0.5, 0.6) is 0 Å². The standard InChI is InChI=1S/C10H27ClSi4/c1-13(2,3)10(11)12(14(4,5)6)15(7,8)9/h1-9H3. The average Bonchev–Trinajstić information content (AvgIpc) is 1.76. The number of hydrogen-bond donors (Lipinski definition) is 0. The lowest BCUT2D eigenvalue weighted by molar-refractivity contribution is 1.81. The third kappa shape index (κ3) is 4.81. The smallest absolute Gasteiger partial charge is 0.0852 e. The van der Waals surface area contributed by atoms with Gasteiger partial charge in [0, 0.05) is 7.44 Å². The summed E-state index contributed by atoms with van der Waals surface area (Å²) in [6.45, 7) is 22.3. The SMILES string of the molecule is C[Si](C)(C)C(Cl)=[Si]([Si](C)(C)C)[Si](C)(C)C. The van der Waals surface area contributed by atoms with Crippen LogP contribution in [0.4, 0.5) is 0 Å². The van der Waals surface area contributed by atoms with Crippen LogP contribution in [0.15, 0.2) is 0 Å². The molecule has 0 unspecified atom stereocenters. The normalized spacial score (nSPS) is 14.0. The summed E-state index contributed by atoms with van der Waals surface area (Å²) in [6.07, 6.45) is 0. The Morgan fingerprint density at radius 3 is 1.07 bits per heavy atom. The molecule has 0 aliphatic carbocycles. The van der Waals surface area contributed by atoms with Crippen molar-refractivity contribution in [3.05, 3.63) is 0 Å². The van der Waals surface area contributed by atoms with Crippen molar-refractivity contribution in [2.45, 2.75) is 58.9 Å². The summed E-state index contributed by atoms with van der Waals surface area (Å²) >= 11 is 6.79. The second-order valence-electron chi connectivity index (χ2n) is 7.44. The van der Waals surface area contributed by atoms with Gasteiger partial charge in [-0.3, -0.25) is 0 Å². The summed E-state index contributed by atoms with van der Waals surface area (Å²) in [6, 6.07) is 0. The molecule has 0 heterocycles. The molecule has 0 radical (unpaired) electrons. The molecule has 90 valence electrons. The highest BCUT2D eigenvalue weighted by Crippen LogP contribution is 2.19. The highest BCUT2D eigenvalue weighted by atomic mass is 35.5. The summed E-state index contributed by atoms with van der Waals surface area (Å²) in [5, 5.41) is 0. The fraction of sp³-hybridized carbons (Fsp3) is 0.900. The van der Waals surface area contributed by atoms with Gasteiger partial charge in [0.05, 0.1) is 23.3 Å². The Bertz CT molecular complexity index is 247. The summed E-state index contributed by atoms with van der Waals surface area (Å²) in [5.74, 6) is 0. The van der Waals surface area contributed by atoms with E-state index in [1.807, 2.05) is 0 Å². The van der Waals surface area contributed by atoms with Crippen LogP contribution in [0.25, 0.3) is 0 Å². The lowest BCUT2D eigenvalue weighted by Crippen LogP contribution is -2.59. The maximum atomic E-state index is 6.79. The molecule has 0 aliphatic heterocycles. The third-order valence-electron chi connectivity index (χ3n) is 2.38. The first-order valence-corrected chi connectivity index (χ1v) is 20.1. The fourth-order valence-corrected chi connectivity index (χ4v) is 58.3. The molecule has 0 spiro atoms. The highest BCUT2D eigenvalue weighted by Gasteiger charge is 2.37. The van der Waals surface area contributed by atoms with Gasteiger partial charge < -0.3 is 0 Å². The van der Waals surface area contributed by atoms with E-state index in [4.69, 9.17) is 11.6 Å². The van der Waals surface area contributed by atoms with Crippen LogP contribution in [-0.2, 0) is 0 Å². The zero-order valence-corrected chi connectivity index (χ0v) is 16.6. The molecule has 0 N–H and O–H groups in total. The Hall–Kier alpha value is 1.03. The summed E-state index contributed by atoms with van der Waals surface area (Å²) in [4.78, 5) is 0. The van der Waals surface area contributed by atoms with Crippen LogP contribution in [0.2, 0.25) is 58.9 Å². The van der Waals surface area contributed by atoms with Crippen LogP contribution in [0, 0.1) is 0 Å². The molecule has 0 aromatic heterocycles.